The van der Waals surface area contributed by atoms with Crippen LogP contribution in [0.25, 0.3) is 22.6 Å². The van der Waals surface area contributed by atoms with Gasteiger partial charge in [-0.1, -0.05) is 30.3 Å². The van der Waals surface area contributed by atoms with Crippen LogP contribution < -0.4 is 0 Å². The Hall–Kier alpha value is -2.86. The van der Waals surface area contributed by atoms with E-state index in [0.29, 0.717) is 22.6 Å². The molecule has 5 nitrogen and oxygen atoms in total. The maximum absolute atomic E-state index is 13.2. The lowest BCUT2D eigenvalue weighted by atomic mass is 10.3. The van der Waals surface area contributed by atoms with E-state index in [0.717, 1.165) is 0 Å². The predicted octanol–water partition coefficient (Wildman–Crippen LogP) is 3.84. The molecule has 0 radical (unpaired) electrons. The molecule has 0 amide bonds. The SMILES string of the molecule is Cc1ccc(-c2nc3ccccc3n2S(=O)(=O)c2ccccc2)o1. The lowest BCUT2D eigenvalue weighted by Gasteiger charge is -2.09. The molecule has 120 valence electrons. The summed E-state index contributed by atoms with van der Waals surface area (Å²) in [7, 11) is -3.80. The van der Waals surface area contributed by atoms with E-state index < -0.39 is 10.0 Å². The Labute approximate surface area is 139 Å². The highest BCUT2D eigenvalue weighted by atomic mass is 32.2. The third kappa shape index (κ3) is 2.23. The summed E-state index contributed by atoms with van der Waals surface area (Å²) >= 11 is 0. The molecule has 0 aliphatic carbocycles. The molecule has 2 aromatic heterocycles. The van der Waals surface area contributed by atoms with Gasteiger partial charge in [-0.15, -0.1) is 0 Å². The Kier molecular flexibility index (Phi) is 3.28. The fraction of sp³-hybridized carbons (Fsp3) is 0.0556. The highest BCUT2D eigenvalue weighted by Crippen LogP contribution is 2.30. The second-order valence-electron chi connectivity index (χ2n) is 5.42. The molecule has 2 heterocycles. The molecule has 24 heavy (non-hydrogen) atoms. The minimum absolute atomic E-state index is 0.206. The van der Waals surface area contributed by atoms with Gasteiger partial charge in [0.15, 0.2) is 11.6 Å². The molecule has 0 bridgehead atoms. The first kappa shape index (κ1) is 14.7. The van der Waals surface area contributed by atoms with E-state index in [1.54, 1.807) is 60.7 Å². The normalized spacial score (nSPS) is 11.9. The number of fused-ring (bicyclic) bond motifs is 1. The molecule has 0 N–H and O–H groups in total. The Morgan fingerprint density at radius 2 is 1.62 bits per heavy atom. The van der Waals surface area contributed by atoms with Crippen molar-refractivity contribution in [2.24, 2.45) is 0 Å². The second-order valence-corrected chi connectivity index (χ2v) is 7.20. The second kappa shape index (κ2) is 5.35. The van der Waals surface area contributed by atoms with Crippen LogP contribution in [0.3, 0.4) is 0 Å². The Balaban J connectivity index is 2.07. The van der Waals surface area contributed by atoms with Crippen molar-refractivity contribution in [3.63, 3.8) is 0 Å². The highest BCUT2D eigenvalue weighted by molar-refractivity contribution is 7.90. The third-order valence-corrected chi connectivity index (χ3v) is 5.48. The number of nitrogens with zero attached hydrogens (tertiary/aromatic N) is 2. The van der Waals surface area contributed by atoms with E-state index in [9.17, 15) is 8.42 Å². The van der Waals surface area contributed by atoms with Crippen LogP contribution in [-0.2, 0) is 10.0 Å². The standard InChI is InChI=1S/C18H14N2O3S/c1-13-11-12-17(23-13)18-19-15-9-5-6-10-16(15)20(18)24(21,22)14-7-3-2-4-8-14/h2-12H,1H3. The van der Waals surface area contributed by atoms with E-state index in [-0.39, 0.29) is 10.7 Å². The molecule has 4 aromatic rings. The Bertz CT molecular complexity index is 1130. The van der Waals surface area contributed by atoms with Crippen LogP contribution in [0.2, 0.25) is 0 Å². The van der Waals surface area contributed by atoms with Gasteiger partial charge in [0.1, 0.15) is 5.76 Å². The lowest BCUT2D eigenvalue weighted by molar-refractivity contribution is 0.542. The van der Waals surface area contributed by atoms with Gasteiger partial charge >= 0.3 is 0 Å². The predicted molar refractivity (Wildman–Crippen MR) is 91.2 cm³/mol. The van der Waals surface area contributed by atoms with Crippen molar-refractivity contribution in [3.8, 4) is 11.6 Å². The first-order chi connectivity index (χ1) is 11.6. The lowest BCUT2D eigenvalue weighted by Crippen LogP contribution is -2.14. The topological polar surface area (TPSA) is 65.1 Å². The number of hydrogen-bond donors (Lipinski definition) is 0. The minimum Gasteiger partial charge on any atom is -0.458 e. The van der Waals surface area contributed by atoms with E-state index in [1.165, 1.54) is 3.97 Å². The Morgan fingerprint density at radius 1 is 0.917 bits per heavy atom. The molecule has 0 saturated heterocycles. The molecule has 0 spiro atoms. The van der Waals surface area contributed by atoms with Crippen LogP contribution in [0.15, 0.2) is 76.0 Å². The van der Waals surface area contributed by atoms with Gasteiger partial charge in [0.25, 0.3) is 10.0 Å². The molecule has 4 rings (SSSR count). The molecular formula is C18H14N2O3S. The van der Waals surface area contributed by atoms with Gasteiger partial charge < -0.3 is 4.42 Å². The number of furan rings is 1. The van der Waals surface area contributed by atoms with Crippen molar-refractivity contribution < 1.29 is 12.8 Å². The third-order valence-electron chi connectivity index (χ3n) is 3.76. The number of aromatic nitrogens is 2. The van der Waals surface area contributed by atoms with Gasteiger partial charge in [-0.3, -0.25) is 0 Å². The molecule has 0 aliphatic heterocycles. The van der Waals surface area contributed by atoms with Crippen LogP contribution >= 0.6 is 0 Å². The average Bonchev–Trinajstić information content (AvgIpc) is 3.19. The summed E-state index contributed by atoms with van der Waals surface area (Å²) in [5, 5.41) is 0. The summed E-state index contributed by atoms with van der Waals surface area (Å²) in [5.74, 6) is 1.39. The number of hydrogen-bond acceptors (Lipinski definition) is 4. The van der Waals surface area contributed by atoms with Crippen molar-refractivity contribution >= 4 is 21.1 Å². The summed E-state index contributed by atoms with van der Waals surface area (Å²) in [6.07, 6.45) is 0. The van der Waals surface area contributed by atoms with Crippen molar-refractivity contribution in [2.45, 2.75) is 11.8 Å². The smallest absolute Gasteiger partial charge is 0.270 e. The summed E-state index contributed by atoms with van der Waals surface area (Å²) in [5.41, 5.74) is 1.12. The fourth-order valence-electron chi connectivity index (χ4n) is 2.66. The quantitative estimate of drug-likeness (QED) is 0.569. The molecule has 0 aliphatic rings. The molecule has 0 unspecified atom stereocenters. The highest BCUT2D eigenvalue weighted by Gasteiger charge is 2.26. The first-order valence-corrected chi connectivity index (χ1v) is 8.86. The fourth-order valence-corrected chi connectivity index (χ4v) is 4.14. The molecule has 6 heteroatoms. The van der Waals surface area contributed by atoms with E-state index in [2.05, 4.69) is 4.98 Å². The molecular weight excluding hydrogens is 324 g/mol. The van der Waals surface area contributed by atoms with Crippen LogP contribution in [0.5, 0.6) is 0 Å². The Morgan fingerprint density at radius 3 is 2.33 bits per heavy atom. The van der Waals surface area contributed by atoms with Gasteiger partial charge in [0.2, 0.25) is 0 Å². The van der Waals surface area contributed by atoms with Crippen molar-refractivity contribution in [1.29, 1.82) is 0 Å². The largest absolute Gasteiger partial charge is 0.458 e. The molecule has 2 aromatic carbocycles. The first-order valence-electron chi connectivity index (χ1n) is 7.42. The van der Waals surface area contributed by atoms with Gasteiger partial charge in [-0.25, -0.2) is 17.4 Å². The number of para-hydroxylation sites is 2. The molecule has 0 fully saturated rings. The zero-order valence-electron chi connectivity index (χ0n) is 12.9. The van der Waals surface area contributed by atoms with E-state index in [4.69, 9.17) is 4.42 Å². The van der Waals surface area contributed by atoms with E-state index in [1.807, 2.05) is 13.0 Å². The van der Waals surface area contributed by atoms with Crippen LogP contribution in [0, 0.1) is 6.92 Å². The van der Waals surface area contributed by atoms with Crippen molar-refractivity contribution in [2.75, 3.05) is 0 Å². The van der Waals surface area contributed by atoms with Gasteiger partial charge in [-0.2, -0.15) is 0 Å². The maximum Gasteiger partial charge on any atom is 0.270 e. The van der Waals surface area contributed by atoms with Crippen molar-refractivity contribution in [1.82, 2.24) is 8.96 Å². The molecule has 0 saturated carbocycles. The van der Waals surface area contributed by atoms with Gasteiger partial charge in [0, 0.05) is 0 Å². The van der Waals surface area contributed by atoms with Crippen LogP contribution in [-0.4, -0.2) is 17.4 Å². The monoisotopic (exact) mass is 338 g/mol. The number of benzene rings is 2. The minimum atomic E-state index is -3.80. The van der Waals surface area contributed by atoms with Crippen LogP contribution in [0.4, 0.5) is 0 Å². The zero-order chi connectivity index (χ0) is 16.7. The zero-order valence-corrected chi connectivity index (χ0v) is 13.7. The average molecular weight is 338 g/mol. The summed E-state index contributed by atoms with van der Waals surface area (Å²) < 4.78 is 33.3. The summed E-state index contributed by atoms with van der Waals surface area (Å²) in [4.78, 5) is 4.68. The number of rotatable bonds is 3. The van der Waals surface area contributed by atoms with Crippen molar-refractivity contribution in [3.05, 3.63) is 72.5 Å². The van der Waals surface area contributed by atoms with Crippen LogP contribution in [0.1, 0.15) is 5.76 Å². The number of imidazole rings is 1. The molecule has 0 atom stereocenters. The van der Waals surface area contributed by atoms with Gasteiger partial charge in [-0.05, 0) is 43.3 Å². The summed E-state index contributed by atoms with van der Waals surface area (Å²) in [6, 6.07) is 19.0. The number of aryl methyl sites for hydroxylation is 1. The van der Waals surface area contributed by atoms with Gasteiger partial charge in [0.05, 0.1) is 15.9 Å². The van der Waals surface area contributed by atoms with E-state index >= 15 is 0 Å². The summed E-state index contributed by atoms with van der Waals surface area (Å²) in [6.45, 7) is 1.81. The maximum atomic E-state index is 13.2.